The molecule has 0 radical (unpaired) electrons. The second-order valence-electron chi connectivity index (χ2n) is 6.22. The Hall–Kier alpha value is -0.690. The SMILES string of the molecule is NC(=O)[C@@H]1CCCN1CC1CCNC(CCOCCO)C1. The van der Waals surface area contributed by atoms with Crippen LogP contribution in [-0.4, -0.2) is 67.5 Å². The average molecular weight is 299 g/mol. The topological polar surface area (TPSA) is 87.8 Å². The molecule has 0 aromatic heterocycles. The average Bonchev–Trinajstić information content (AvgIpc) is 2.92. The molecule has 2 unspecified atom stereocenters. The summed E-state index contributed by atoms with van der Waals surface area (Å²) >= 11 is 0. The number of primary amides is 1. The maximum Gasteiger partial charge on any atom is 0.234 e. The maximum absolute atomic E-state index is 11.5. The zero-order valence-corrected chi connectivity index (χ0v) is 12.8. The standard InChI is InChI=1S/C15H29N3O3/c16-15(20)14-2-1-6-18(14)11-12-3-5-17-13(10-12)4-8-21-9-7-19/h12-14,17,19H,1-11H2,(H2,16,20)/t12?,13?,14-/m0/s1. The first-order valence-corrected chi connectivity index (χ1v) is 8.16. The number of aliphatic hydroxyl groups excluding tert-OH is 1. The summed E-state index contributed by atoms with van der Waals surface area (Å²) in [4.78, 5) is 13.7. The highest BCUT2D eigenvalue weighted by molar-refractivity contribution is 5.80. The summed E-state index contributed by atoms with van der Waals surface area (Å²) in [6.07, 6.45) is 5.27. The number of amides is 1. The smallest absolute Gasteiger partial charge is 0.234 e. The summed E-state index contributed by atoms with van der Waals surface area (Å²) in [6.45, 7) is 4.22. The normalized spacial score (nSPS) is 30.6. The molecule has 2 fully saturated rings. The van der Waals surface area contributed by atoms with Crippen LogP contribution in [0.4, 0.5) is 0 Å². The van der Waals surface area contributed by atoms with E-state index in [9.17, 15) is 4.79 Å². The Morgan fingerprint density at radius 1 is 1.38 bits per heavy atom. The van der Waals surface area contributed by atoms with Crippen molar-refractivity contribution in [2.24, 2.45) is 11.7 Å². The molecule has 122 valence electrons. The van der Waals surface area contributed by atoms with E-state index in [1.807, 2.05) is 0 Å². The fourth-order valence-corrected chi connectivity index (χ4v) is 3.57. The molecule has 6 heteroatoms. The number of aliphatic hydroxyl groups is 1. The van der Waals surface area contributed by atoms with Gasteiger partial charge in [-0.1, -0.05) is 0 Å². The molecule has 0 aromatic carbocycles. The molecule has 2 heterocycles. The Bertz CT molecular complexity index is 327. The number of carbonyl (C=O) groups excluding carboxylic acids is 1. The van der Waals surface area contributed by atoms with Crippen molar-refractivity contribution in [3.8, 4) is 0 Å². The maximum atomic E-state index is 11.5. The Morgan fingerprint density at radius 3 is 3.00 bits per heavy atom. The second kappa shape index (κ2) is 8.68. The van der Waals surface area contributed by atoms with Crippen molar-refractivity contribution in [3.05, 3.63) is 0 Å². The Labute approximate surface area is 127 Å². The van der Waals surface area contributed by atoms with Crippen LogP contribution in [0.1, 0.15) is 32.1 Å². The molecule has 1 amide bonds. The number of rotatable bonds is 8. The molecule has 6 nitrogen and oxygen atoms in total. The molecule has 3 atom stereocenters. The van der Waals surface area contributed by atoms with Gasteiger partial charge in [0.1, 0.15) is 0 Å². The fourth-order valence-electron chi connectivity index (χ4n) is 3.57. The lowest BCUT2D eigenvalue weighted by Gasteiger charge is -2.34. The first-order valence-electron chi connectivity index (χ1n) is 8.16. The summed E-state index contributed by atoms with van der Waals surface area (Å²) in [5.74, 6) is 0.462. The second-order valence-corrected chi connectivity index (χ2v) is 6.22. The minimum atomic E-state index is -0.171. The van der Waals surface area contributed by atoms with Gasteiger partial charge in [0.2, 0.25) is 5.91 Å². The van der Waals surface area contributed by atoms with Crippen molar-refractivity contribution in [3.63, 3.8) is 0 Å². The molecular weight excluding hydrogens is 270 g/mol. The van der Waals surface area contributed by atoms with E-state index in [0.717, 1.165) is 51.7 Å². The van der Waals surface area contributed by atoms with E-state index in [1.165, 1.54) is 0 Å². The van der Waals surface area contributed by atoms with Gasteiger partial charge in [0.05, 0.1) is 19.3 Å². The van der Waals surface area contributed by atoms with E-state index in [1.54, 1.807) is 0 Å². The van der Waals surface area contributed by atoms with Crippen molar-refractivity contribution in [2.75, 3.05) is 39.5 Å². The zero-order valence-electron chi connectivity index (χ0n) is 12.8. The largest absolute Gasteiger partial charge is 0.394 e. The molecule has 21 heavy (non-hydrogen) atoms. The number of nitrogens with two attached hydrogens (primary N) is 1. The van der Waals surface area contributed by atoms with Crippen LogP contribution >= 0.6 is 0 Å². The number of hydrogen-bond acceptors (Lipinski definition) is 5. The van der Waals surface area contributed by atoms with Crippen LogP contribution in [0, 0.1) is 5.92 Å². The first-order chi connectivity index (χ1) is 10.2. The van der Waals surface area contributed by atoms with Crippen LogP contribution in [0.5, 0.6) is 0 Å². The summed E-state index contributed by atoms with van der Waals surface area (Å²) in [5.41, 5.74) is 5.48. The molecule has 2 aliphatic rings. The minimum Gasteiger partial charge on any atom is -0.394 e. The quantitative estimate of drug-likeness (QED) is 0.536. The van der Waals surface area contributed by atoms with Crippen LogP contribution in [0.25, 0.3) is 0 Å². The lowest BCUT2D eigenvalue weighted by molar-refractivity contribution is -0.122. The highest BCUT2D eigenvalue weighted by atomic mass is 16.5. The van der Waals surface area contributed by atoms with Crippen LogP contribution in [0.15, 0.2) is 0 Å². The molecule has 0 aliphatic carbocycles. The molecule has 2 rings (SSSR count). The Kier molecular flexibility index (Phi) is 6.89. The van der Waals surface area contributed by atoms with Crippen molar-refractivity contribution in [1.82, 2.24) is 10.2 Å². The van der Waals surface area contributed by atoms with Crippen LogP contribution in [-0.2, 0) is 9.53 Å². The molecule has 4 N–H and O–H groups in total. The number of hydrogen-bond donors (Lipinski definition) is 3. The Balaban J connectivity index is 1.72. The van der Waals surface area contributed by atoms with E-state index in [0.29, 0.717) is 25.2 Å². The van der Waals surface area contributed by atoms with Crippen molar-refractivity contribution in [2.45, 2.75) is 44.2 Å². The minimum absolute atomic E-state index is 0.0498. The van der Waals surface area contributed by atoms with E-state index in [-0.39, 0.29) is 18.6 Å². The summed E-state index contributed by atoms with van der Waals surface area (Å²) in [6, 6.07) is 0.434. The summed E-state index contributed by atoms with van der Waals surface area (Å²) < 4.78 is 5.34. The van der Waals surface area contributed by atoms with Crippen molar-refractivity contribution < 1.29 is 14.6 Å². The monoisotopic (exact) mass is 299 g/mol. The predicted molar refractivity (Wildman–Crippen MR) is 80.8 cm³/mol. The molecule has 2 saturated heterocycles. The number of carbonyl (C=O) groups is 1. The Morgan fingerprint density at radius 2 is 2.24 bits per heavy atom. The van der Waals surface area contributed by atoms with Gasteiger partial charge in [0.15, 0.2) is 0 Å². The van der Waals surface area contributed by atoms with E-state index in [4.69, 9.17) is 15.6 Å². The first kappa shape index (κ1) is 16.7. The highest BCUT2D eigenvalue weighted by Gasteiger charge is 2.32. The van der Waals surface area contributed by atoms with Gasteiger partial charge in [-0.05, 0) is 51.1 Å². The lowest BCUT2D eigenvalue weighted by Crippen LogP contribution is -2.46. The van der Waals surface area contributed by atoms with Gasteiger partial charge in [0.25, 0.3) is 0 Å². The van der Waals surface area contributed by atoms with E-state index < -0.39 is 0 Å². The molecule has 0 aromatic rings. The van der Waals surface area contributed by atoms with Gasteiger partial charge in [-0.15, -0.1) is 0 Å². The predicted octanol–water partition coefficient (Wildman–Crippen LogP) is -0.297. The molecule has 2 aliphatic heterocycles. The van der Waals surface area contributed by atoms with Gasteiger partial charge in [-0.25, -0.2) is 0 Å². The highest BCUT2D eigenvalue weighted by Crippen LogP contribution is 2.24. The number of ether oxygens (including phenoxy) is 1. The summed E-state index contributed by atoms with van der Waals surface area (Å²) in [5, 5.41) is 12.2. The van der Waals surface area contributed by atoms with E-state index in [2.05, 4.69) is 10.2 Å². The van der Waals surface area contributed by atoms with Crippen LogP contribution in [0.2, 0.25) is 0 Å². The van der Waals surface area contributed by atoms with Gasteiger partial charge in [-0.3, -0.25) is 9.69 Å². The van der Waals surface area contributed by atoms with E-state index >= 15 is 0 Å². The van der Waals surface area contributed by atoms with Gasteiger partial charge in [-0.2, -0.15) is 0 Å². The molecule has 0 spiro atoms. The third-order valence-corrected chi connectivity index (χ3v) is 4.63. The third-order valence-electron chi connectivity index (χ3n) is 4.63. The number of nitrogens with one attached hydrogen (secondary N) is 1. The third kappa shape index (κ3) is 5.21. The number of nitrogens with zero attached hydrogens (tertiary/aromatic N) is 1. The molecular formula is C15H29N3O3. The summed E-state index contributed by atoms with van der Waals surface area (Å²) in [7, 11) is 0. The lowest BCUT2D eigenvalue weighted by atomic mass is 9.90. The van der Waals surface area contributed by atoms with Gasteiger partial charge >= 0.3 is 0 Å². The van der Waals surface area contributed by atoms with Crippen LogP contribution in [0.3, 0.4) is 0 Å². The fraction of sp³-hybridized carbons (Fsp3) is 0.933. The zero-order chi connectivity index (χ0) is 15.1. The molecule has 0 saturated carbocycles. The van der Waals surface area contributed by atoms with Crippen molar-refractivity contribution >= 4 is 5.91 Å². The van der Waals surface area contributed by atoms with Crippen molar-refractivity contribution in [1.29, 1.82) is 0 Å². The molecule has 0 bridgehead atoms. The van der Waals surface area contributed by atoms with Crippen LogP contribution < -0.4 is 11.1 Å². The van der Waals surface area contributed by atoms with Gasteiger partial charge < -0.3 is 20.9 Å². The number of likely N-dealkylation sites (tertiary alicyclic amines) is 1. The number of piperidine rings is 1. The van der Waals surface area contributed by atoms with Gasteiger partial charge in [0, 0.05) is 19.2 Å².